The van der Waals surface area contributed by atoms with Crippen LogP contribution in [0.15, 0.2) is 47.6 Å². The molecule has 0 aromatic carbocycles. The maximum atomic E-state index is 2.45. The largest absolute Gasteiger partial charge is 0.0879 e. The molecule has 1 heteroatoms. The number of hydrogen-bond acceptors (Lipinski definition) is 0. The molecule has 0 radical (unpaired) electrons. The van der Waals surface area contributed by atoms with E-state index in [9.17, 15) is 0 Å². The lowest BCUT2D eigenvalue weighted by molar-refractivity contribution is 0.594. The molecule has 0 aromatic heterocycles. The van der Waals surface area contributed by atoms with Crippen LogP contribution in [0.1, 0.15) is 38.5 Å². The molecule has 0 fully saturated rings. The minimum atomic E-state index is 0.703. The van der Waals surface area contributed by atoms with Crippen LogP contribution in [-0.4, -0.2) is 4.43 Å². The van der Waals surface area contributed by atoms with Crippen molar-refractivity contribution in [1.29, 1.82) is 0 Å². The van der Waals surface area contributed by atoms with E-state index in [2.05, 4.69) is 59.0 Å². The van der Waals surface area contributed by atoms with Gasteiger partial charge in [-0.05, 0) is 50.0 Å². The van der Waals surface area contributed by atoms with Gasteiger partial charge in [-0.2, -0.15) is 0 Å². The van der Waals surface area contributed by atoms with Crippen LogP contribution in [0.3, 0.4) is 0 Å². The molecule has 0 bridgehead atoms. The van der Waals surface area contributed by atoms with E-state index in [0.29, 0.717) is 5.92 Å². The third kappa shape index (κ3) is 4.13. The Bertz CT molecular complexity index is 358. The highest BCUT2D eigenvalue weighted by molar-refractivity contribution is 14.1. The maximum absolute atomic E-state index is 2.45. The second-order valence-electron chi connectivity index (χ2n) is 4.83. The fourth-order valence-corrected chi connectivity index (χ4v) is 3.18. The van der Waals surface area contributed by atoms with Crippen molar-refractivity contribution in [2.24, 2.45) is 5.92 Å². The molecule has 0 saturated carbocycles. The van der Waals surface area contributed by atoms with Crippen molar-refractivity contribution in [3.63, 3.8) is 0 Å². The zero-order valence-electron chi connectivity index (χ0n) is 10.4. The molecule has 0 nitrogen and oxygen atoms in total. The predicted molar refractivity (Wildman–Crippen MR) is 84.5 cm³/mol. The summed E-state index contributed by atoms with van der Waals surface area (Å²) in [6.07, 6.45) is 21.8. The number of rotatable bonds is 4. The maximum Gasteiger partial charge on any atom is 0.0178 e. The van der Waals surface area contributed by atoms with E-state index < -0.39 is 0 Å². The molecule has 2 aliphatic carbocycles. The minimum Gasteiger partial charge on any atom is -0.0879 e. The Morgan fingerprint density at radius 3 is 2.88 bits per heavy atom. The standard InChI is InChI=1S/C16H21I/c17-12-11-16(15-9-5-2-6-10-15)13-14-7-3-1-4-8-14/h3,5,7-9,11,15H,1-2,4,6,10,12-13H2/b16-11+. The van der Waals surface area contributed by atoms with E-state index in [0.717, 1.165) is 10.8 Å². The molecule has 2 rings (SSSR count). The van der Waals surface area contributed by atoms with Crippen molar-refractivity contribution in [1.82, 2.24) is 0 Å². The Labute approximate surface area is 119 Å². The molecular weight excluding hydrogens is 319 g/mol. The first-order chi connectivity index (χ1) is 8.40. The quantitative estimate of drug-likeness (QED) is 0.367. The molecule has 2 aliphatic rings. The summed E-state index contributed by atoms with van der Waals surface area (Å²) in [5, 5.41) is 0. The molecule has 17 heavy (non-hydrogen) atoms. The van der Waals surface area contributed by atoms with E-state index in [1.165, 1.54) is 37.7 Å². The highest BCUT2D eigenvalue weighted by atomic mass is 127. The average molecular weight is 340 g/mol. The van der Waals surface area contributed by atoms with Gasteiger partial charge in [0.15, 0.2) is 0 Å². The molecule has 0 saturated heterocycles. The van der Waals surface area contributed by atoms with Crippen molar-refractivity contribution in [3.05, 3.63) is 47.6 Å². The summed E-state index contributed by atoms with van der Waals surface area (Å²) in [4.78, 5) is 0. The first kappa shape index (κ1) is 13.1. The molecule has 0 amide bonds. The van der Waals surface area contributed by atoms with Crippen LogP contribution in [0.5, 0.6) is 0 Å². The smallest absolute Gasteiger partial charge is 0.0178 e. The Hall–Kier alpha value is -0.310. The van der Waals surface area contributed by atoms with Gasteiger partial charge in [0.25, 0.3) is 0 Å². The SMILES string of the molecule is IC/C=C(\CC1=CCCC=C1)C1C=CCCC1. The van der Waals surface area contributed by atoms with Crippen molar-refractivity contribution in [2.75, 3.05) is 4.43 Å². The zero-order chi connectivity index (χ0) is 11.9. The highest BCUT2D eigenvalue weighted by Gasteiger charge is 2.14. The van der Waals surface area contributed by atoms with Gasteiger partial charge in [0, 0.05) is 4.43 Å². The second kappa shape index (κ2) is 7.20. The molecular formula is C16H21I. The second-order valence-corrected chi connectivity index (χ2v) is 5.72. The Morgan fingerprint density at radius 2 is 2.24 bits per heavy atom. The topological polar surface area (TPSA) is 0 Å². The van der Waals surface area contributed by atoms with Crippen molar-refractivity contribution < 1.29 is 0 Å². The highest BCUT2D eigenvalue weighted by Crippen LogP contribution is 2.30. The van der Waals surface area contributed by atoms with Gasteiger partial charge in [0.05, 0.1) is 0 Å². The fourth-order valence-electron chi connectivity index (χ4n) is 2.61. The molecule has 0 heterocycles. The number of allylic oxidation sites excluding steroid dienone is 8. The van der Waals surface area contributed by atoms with Crippen LogP contribution >= 0.6 is 22.6 Å². The van der Waals surface area contributed by atoms with Gasteiger partial charge in [0.1, 0.15) is 0 Å². The number of hydrogen-bond donors (Lipinski definition) is 0. The van der Waals surface area contributed by atoms with Crippen LogP contribution in [0, 0.1) is 5.92 Å². The third-order valence-corrected chi connectivity index (χ3v) is 3.99. The number of alkyl halides is 1. The van der Waals surface area contributed by atoms with E-state index in [4.69, 9.17) is 0 Å². The monoisotopic (exact) mass is 340 g/mol. The van der Waals surface area contributed by atoms with Gasteiger partial charge in [0.2, 0.25) is 0 Å². The predicted octanol–water partition coefficient (Wildman–Crippen LogP) is 5.37. The summed E-state index contributed by atoms with van der Waals surface area (Å²) in [5.74, 6) is 0.703. The van der Waals surface area contributed by atoms with Gasteiger partial charge in [-0.15, -0.1) is 0 Å². The zero-order valence-corrected chi connectivity index (χ0v) is 12.5. The van der Waals surface area contributed by atoms with E-state index >= 15 is 0 Å². The van der Waals surface area contributed by atoms with Gasteiger partial charge >= 0.3 is 0 Å². The van der Waals surface area contributed by atoms with Gasteiger partial charge in [-0.3, -0.25) is 0 Å². The molecule has 92 valence electrons. The first-order valence-electron chi connectivity index (χ1n) is 6.67. The molecule has 1 atom stereocenters. The average Bonchev–Trinajstić information content (AvgIpc) is 2.40. The fraction of sp³-hybridized carbons (Fsp3) is 0.500. The van der Waals surface area contributed by atoms with Crippen molar-refractivity contribution in [2.45, 2.75) is 38.5 Å². The summed E-state index contributed by atoms with van der Waals surface area (Å²) in [7, 11) is 0. The van der Waals surface area contributed by atoms with Crippen LogP contribution in [0.25, 0.3) is 0 Å². The van der Waals surface area contributed by atoms with E-state index in [-0.39, 0.29) is 0 Å². The van der Waals surface area contributed by atoms with Gasteiger partial charge in [-0.1, -0.05) is 64.6 Å². The van der Waals surface area contributed by atoms with Crippen molar-refractivity contribution >= 4 is 22.6 Å². The number of halogens is 1. The molecule has 0 N–H and O–H groups in total. The van der Waals surface area contributed by atoms with Crippen molar-refractivity contribution in [3.8, 4) is 0 Å². The lowest BCUT2D eigenvalue weighted by Gasteiger charge is -2.21. The third-order valence-electron chi connectivity index (χ3n) is 3.55. The van der Waals surface area contributed by atoms with E-state index in [1.807, 2.05) is 0 Å². The Balaban J connectivity index is 2.04. The summed E-state index contributed by atoms with van der Waals surface area (Å²) < 4.78 is 1.13. The molecule has 0 spiro atoms. The Kier molecular flexibility index (Phi) is 5.56. The summed E-state index contributed by atoms with van der Waals surface area (Å²) in [6.45, 7) is 0. The van der Waals surface area contributed by atoms with E-state index in [1.54, 1.807) is 5.57 Å². The van der Waals surface area contributed by atoms with Crippen LogP contribution in [-0.2, 0) is 0 Å². The minimum absolute atomic E-state index is 0.703. The summed E-state index contributed by atoms with van der Waals surface area (Å²) >= 11 is 2.45. The summed E-state index contributed by atoms with van der Waals surface area (Å²) in [6, 6.07) is 0. The van der Waals surface area contributed by atoms with Crippen LogP contribution in [0.2, 0.25) is 0 Å². The van der Waals surface area contributed by atoms with Crippen LogP contribution < -0.4 is 0 Å². The first-order valence-corrected chi connectivity index (χ1v) is 8.20. The lowest BCUT2D eigenvalue weighted by atomic mass is 9.85. The molecule has 0 aromatic rings. The van der Waals surface area contributed by atoms with Crippen LogP contribution in [0.4, 0.5) is 0 Å². The molecule has 1 unspecified atom stereocenters. The lowest BCUT2D eigenvalue weighted by Crippen LogP contribution is -2.06. The Morgan fingerprint density at radius 1 is 1.29 bits per heavy atom. The summed E-state index contributed by atoms with van der Waals surface area (Å²) in [5.41, 5.74) is 3.15. The van der Waals surface area contributed by atoms with Gasteiger partial charge < -0.3 is 0 Å². The van der Waals surface area contributed by atoms with Gasteiger partial charge in [-0.25, -0.2) is 0 Å². The molecule has 0 aliphatic heterocycles. The normalized spacial score (nSPS) is 24.9.